The van der Waals surface area contributed by atoms with Crippen LogP contribution in [0.15, 0.2) is 6.08 Å². The van der Waals surface area contributed by atoms with Crippen molar-refractivity contribution in [3.05, 3.63) is 12.7 Å². The van der Waals surface area contributed by atoms with Gasteiger partial charge in [0.05, 0.1) is 4.58 Å². The molecule has 0 aromatic carbocycles. The Bertz CT molecular complexity index is 77.0. The average molecular weight is 161 g/mol. The van der Waals surface area contributed by atoms with E-state index in [1.54, 1.807) is 6.08 Å². The fraction of sp³-hybridized carbons (Fsp3) is 0.714. The predicted molar refractivity (Wildman–Crippen MR) is 48.9 cm³/mol. The Morgan fingerprint density at radius 3 is 1.89 bits per heavy atom. The molecule has 0 amide bonds. The lowest BCUT2D eigenvalue weighted by atomic mass is 10.2. The van der Waals surface area contributed by atoms with E-state index in [2.05, 4.69) is 19.4 Å². The van der Waals surface area contributed by atoms with Crippen LogP contribution in [0.25, 0.3) is 0 Å². The minimum Gasteiger partial charge on any atom is -0.150 e. The van der Waals surface area contributed by atoms with E-state index in [4.69, 9.17) is 6.58 Å². The molecule has 0 heterocycles. The molecule has 0 saturated heterocycles. The first-order valence-corrected chi connectivity index (χ1v) is 5.44. The maximum Gasteiger partial charge on any atom is 0.0556 e. The van der Waals surface area contributed by atoms with E-state index in [1.165, 1.54) is 0 Å². The van der Waals surface area contributed by atoms with Gasteiger partial charge in [0.1, 0.15) is 0 Å². The zero-order valence-corrected chi connectivity index (χ0v) is 7.76. The summed E-state index contributed by atoms with van der Waals surface area (Å²) < 4.78 is 0.620. The van der Waals surface area contributed by atoms with E-state index in [-0.39, 0.29) is 0 Å². The van der Waals surface area contributed by atoms with Crippen LogP contribution in [0, 0.1) is 12.5 Å². The van der Waals surface area contributed by atoms with Gasteiger partial charge in [0.25, 0.3) is 0 Å². The van der Waals surface area contributed by atoms with Crippen LogP contribution < -0.4 is 0 Å². The third-order valence-corrected chi connectivity index (χ3v) is 4.14. The second kappa shape index (κ2) is 5.24. The van der Waals surface area contributed by atoms with Crippen LogP contribution in [0.5, 0.6) is 0 Å². The average Bonchev–Trinajstić information content (AvgIpc) is 1.90. The molecule has 2 heteroatoms. The summed E-state index contributed by atoms with van der Waals surface area (Å²) in [6, 6.07) is 0. The molecule has 9 heavy (non-hydrogen) atoms. The van der Waals surface area contributed by atoms with Crippen molar-refractivity contribution >= 4 is 23.5 Å². The van der Waals surface area contributed by atoms with Gasteiger partial charge in [-0.05, 0) is 18.4 Å². The summed E-state index contributed by atoms with van der Waals surface area (Å²) >= 11 is 3.71. The van der Waals surface area contributed by atoms with Crippen molar-refractivity contribution in [1.82, 2.24) is 0 Å². The van der Waals surface area contributed by atoms with Crippen LogP contribution in [-0.4, -0.2) is 17.1 Å². The van der Waals surface area contributed by atoms with Gasteiger partial charge in [-0.15, -0.1) is 0 Å². The van der Waals surface area contributed by atoms with Crippen LogP contribution in [0.1, 0.15) is 6.92 Å². The maximum absolute atomic E-state index is 5.37. The molecule has 0 bridgehead atoms. The lowest BCUT2D eigenvalue weighted by Crippen LogP contribution is -2.05. The molecule has 0 fully saturated rings. The summed E-state index contributed by atoms with van der Waals surface area (Å²) in [5.41, 5.74) is 0. The van der Waals surface area contributed by atoms with Gasteiger partial charge < -0.3 is 0 Å². The van der Waals surface area contributed by atoms with Crippen molar-refractivity contribution in [2.24, 2.45) is 5.92 Å². The van der Waals surface area contributed by atoms with Gasteiger partial charge in [0.2, 0.25) is 0 Å². The number of hydrogen-bond donors (Lipinski definition) is 0. The molecule has 0 aromatic heterocycles. The van der Waals surface area contributed by atoms with Gasteiger partial charge in [-0.1, -0.05) is 19.6 Å². The second-order valence-corrected chi connectivity index (χ2v) is 4.15. The summed E-state index contributed by atoms with van der Waals surface area (Å²) in [7, 11) is 0. The standard InChI is InChI=1S/C7H13S2/c1-5-6(2)7(8-3)9-4/h1,5-7H,2-4H3. The van der Waals surface area contributed by atoms with Crippen molar-refractivity contribution in [3.63, 3.8) is 0 Å². The van der Waals surface area contributed by atoms with Gasteiger partial charge in [-0.25, -0.2) is 0 Å². The fourth-order valence-electron chi connectivity index (χ4n) is 0.616. The highest BCUT2D eigenvalue weighted by Crippen LogP contribution is 2.26. The summed E-state index contributed by atoms with van der Waals surface area (Å²) in [4.78, 5) is 0. The molecule has 1 radical (unpaired) electrons. The molecule has 0 nitrogen and oxygen atoms in total. The Hall–Kier alpha value is 0.440. The third kappa shape index (κ3) is 3.21. The zero-order valence-electron chi connectivity index (χ0n) is 6.13. The molecule has 0 saturated carbocycles. The fourth-order valence-corrected chi connectivity index (χ4v) is 2.43. The predicted octanol–water partition coefficient (Wildman–Crippen LogP) is 2.66. The van der Waals surface area contributed by atoms with Crippen molar-refractivity contribution in [2.75, 3.05) is 12.5 Å². The van der Waals surface area contributed by atoms with E-state index in [1.807, 2.05) is 23.5 Å². The largest absolute Gasteiger partial charge is 0.150 e. The molecule has 0 aliphatic carbocycles. The van der Waals surface area contributed by atoms with Crippen LogP contribution >= 0.6 is 23.5 Å². The number of hydrogen-bond acceptors (Lipinski definition) is 2. The lowest BCUT2D eigenvalue weighted by molar-refractivity contribution is 0.815. The SMILES string of the molecule is [CH]=CC(C)C(SC)SC. The molecule has 0 rings (SSSR count). The first-order valence-electron chi connectivity index (χ1n) is 2.87. The summed E-state index contributed by atoms with van der Waals surface area (Å²) in [6.07, 6.45) is 5.99. The summed E-state index contributed by atoms with van der Waals surface area (Å²) in [5.74, 6) is 0.509. The van der Waals surface area contributed by atoms with Crippen molar-refractivity contribution < 1.29 is 0 Å². The quantitative estimate of drug-likeness (QED) is 0.581. The third-order valence-electron chi connectivity index (χ3n) is 1.20. The molecule has 1 unspecified atom stereocenters. The topological polar surface area (TPSA) is 0 Å². The molecule has 0 spiro atoms. The smallest absolute Gasteiger partial charge is 0.0556 e. The van der Waals surface area contributed by atoms with Gasteiger partial charge >= 0.3 is 0 Å². The maximum atomic E-state index is 5.37. The Kier molecular flexibility index (Phi) is 5.50. The second-order valence-electron chi connectivity index (χ2n) is 1.89. The molecule has 0 aliphatic rings. The summed E-state index contributed by atoms with van der Waals surface area (Å²) in [6.45, 7) is 7.51. The Morgan fingerprint density at radius 1 is 1.33 bits per heavy atom. The lowest BCUT2D eigenvalue weighted by Gasteiger charge is -2.15. The van der Waals surface area contributed by atoms with E-state index in [0.717, 1.165) is 0 Å². The minimum absolute atomic E-state index is 0.509. The molecular formula is C7H13S2. The molecule has 0 aliphatic heterocycles. The molecule has 1 atom stereocenters. The van der Waals surface area contributed by atoms with Crippen molar-refractivity contribution in [1.29, 1.82) is 0 Å². The molecular weight excluding hydrogens is 148 g/mol. The number of rotatable bonds is 4. The van der Waals surface area contributed by atoms with E-state index >= 15 is 0 Å². The van der Waals surface area contributed by atoms with E-state index < -0.39 is 0 Å². The first kappa shape index (κ1) is 9.44. The van der Waals surface area contributed by atoms with E-state index in [9.17, 15) is 0 Å². The van der Waals surface area contributed by atoms with E-state index in [0.29, 0.717) is 10.5 Å². The van der Waals surface area contributed by atoms with Crippen LogP contribution in [0.4, 0.5) is 0 Å². The number of allylic oxidation sites excluding steroid dienone is 1. The van der Waals surface area contributed by atoms with Crippen molar-refractivity contribution in [3.8, 4) is 0 Å². The minimum atomic E-state index is 0.509. The zero-order chi connectivity index (χ0) is 7.28. The Morgan fingerprint density at radius 2 is 1.78 bits per heavy atom. The molecule has 0 aromatic rings. The molecule has 53 valence electrons. The highest BCUT2D eigenvalue weighted by Gasteiger charge is 2.09. The van der Waals surface area contributed by atoms with Crippen LogP contribution in [0.3, 0.4) is 0 Å². The molecule has 0 N–H and O–H groups in total. The first-order chi connectivity index (χ1) is 4.26. The van der Waals surface area contributed by atoms with Gasteiger partial charge in [-0.2, -0.15) is 23.5 Å². The number of thioether (sulfide) groups is 2. The van der Waals surface area contributed by atoms with Gasteiger partial charge in [0.15, 0.2) is 0 Å². The van der Waals surface area contributed by atoms with Crippen molar-refractivity contribution in [2.45, 2.75) is 11.5 Å². The summed E-state index contributed by atoms with van der Waals surface area (Å²) in [5, 5.41) is 0. The monoisotopic (exact) mass is 161 g/mol. The Labute approximate surface area is 66.5 Å². The Balaban J connectivity index is 3.63. The van der Waals surface area contributed by atoms with Crippen LogP contribution in [-0.2, 0) is 0 Å². The highest BCUT2D eigenvalue weighted by atomic mass is 32.2. The van der Waals surface area contributed by atoms with Gasteiger partial charge in [-0.3, -0.25) is 0 Å². The van der Waals surface area contributed by atoms with Crippen LogP contribution in [0.2, 0.25) is 0 Å². The van der Waals surface area contributed by atoms with Gasteiger partial charge in [0, 0.05) is 0 Å². The highest BCUT2D eigenvalue weighted by molar-refractivity contribution is 8.16. The normalized spacial score (nSPS) is 13.8.